The van der Waals surface area contributed by atoms with Crippen LogP contribution < -0.4 is 9.80 Å². The largest absolute Gasteiger partial charge is 0.391 e. The van der Waals surface area contributed by atoms with Gasteiger partial charge in [0.15, 0.2) is 0 Å². The standard InChI is InChI=1S/C12H17F3N4/c1-18(2)10-7-11(17-8-16-10)19-5-3-9(4-6-19)12(13,14)15/h7-9H,3-6H2,1-2H3. The van der Waals surface area contributed by atoms with Crippen LogP contribution in [0.15, 0.2) is 12.4 Å². The van der Waals surface area contributed by atoms with Gasteiger partial charge in [0.25, 0.3) is 0 Å². The number of aromatic nitrogens is 2. The van der Waals surface area contributed by atoms with Gasteiger partial charge in [0.2, 0.25) is 0 Å². The Morgan fingerprint density at radius 3 is 2.37 bits per heavy atom. The van der Waals surface area contributed by atoms with Gasteiger partial charge in [-0.2, -0.15) is 13.2 Å². The predicted octanol–water partition coefficient (Wildman–Crippen LogP) is 2.32. The van der Waals surface area contributed by atoms with Crippen LogP contribution in [0.25, 0.3) is 0 Å². The van der Waals surface area contributed by atoms with Crippen molar-refractivity contribution in [1.82, 2.24) is 9.97 Å². The highest BCUT2D eigenvalue weighted by molar-refractivity contribution is 5.49. The van der Waals surface area contributed by atoms with Crippen molar-refractivity contribution < 1.29 is 13.2 Å². The number of alkyl halides is 3. The minimum Gasteiger partial charge on any atom is -0.363 e. The SMILES string of the molecule is CN(C)c1cc(N2CCC(C(F)(F)F)CC2)ncn1. The summed E-state index contributed by atoms with van der Waals surface area (Å²) in [6.45, 7) is 0.766. The molecule has 0 unspecified atom stereocenters. The van der Waals surface area contributed by atoms with Crippen LogP contribution in [-0.4, -0.2) is 43.3 Å². The summed E-state index contributed by atoms with van der Waals surface area (Å²) in [5, 5.41) is 0. The summed E-state index contributed by atoms with van der Waals surface area (Å²) in [7, 11) is 3.73. The van der Waals surface area contributed by atoms with Crippen molar-refractivity contribution >= 4 is 11.6 Å². The average Bonchev–Trinajstić information content (AvgIpc) is 2.38. The summed E-state index contributed by atoms with van der Waals surface area (Å²) in [4.78, 5) is 12.0. The van der Waals surface area contributed by atoms with Crippen LogP contribution in [0.3, 0.4) is 0 Å². The fourth-order valence-electron chi connectivity index (χ4n) is 2.19. The Kier molecular flexibility index (Phi) is 3.82. The maximum Gasteiger partial charge on any atom is 0.391 e. The van der Waals surface area contributed by atoms with Crippen molar-refractivity contribution in [3.05, 3.63) is 12.4 Å². The smallest absolute Gasteiger partial charge is 0.363 e. The molecule has 0 bridgehead atoms. The molecule has 19 heavy (non-hydrogen) atoms. The van der Waals surface area contributed by atoms with Crippen molar-refractivity contribution in [3.8, 4) is 0 Å². The number of anilines is 2. The second kappa shape index (κ2) is 5.22. The van der Waals surface area contributed by atoms with Gasteiger partial charge in [-0.1, -0.05) is 0 Å². The third kappa shape index (κ3) is 3.27. The number of rotatable bonds is 2. The number of halogens is 3. The van der Waals surface area contributed by atoms with Crippen LogP contribution in [0.1, 0.15) is 12.8 Å². The summed E-state index contributed by atoms with van der Waals surface area (Å²) >= 11 is 0. The molecule has 0 amide bonds. The second-order valence-electron chi connectivity index (χ2n) is 4.93. The van der Waals surface area contributed by atoms with E-state index in [2.05, 4.69) is 9.97 Å². The van der Waals surface area contributed by atoms with Gasteiger partial charge in [-0.25, -0.2) is 9.97 Å². The topological polar surface area (TPSA) is 32.3 Å². The summed E-state index contributed by atoms with van der Waals surface area (Å²) in [5.41, 5.74) is 0. The third-order valence-electron chi connectivity index (χ3n) is 3.38. The molecule has 0 saturated carbocycles. The molecule has 7 heteroatoms. The maximum absolute atomic E-state index is 12.6. The molecule has 4 nitrogen and oxygen atoms in total. The molecule has 0 radical (unpaired) electrons. The van der Waals surface area contributed by atoms with Gasteiger partial charge >= 0.3 is 6.18 Å². The molecule has 1 aliphatic heterocycles. The van der Waals surface area contributed by atoms with Crippen molar-refractivity contribution in [2.45, 2.75) is 19.0 Å². The molecular weight excluding hydrogens is 257 g/mol. The minimum absolute atomic E-state index is 0.130. The molecule has 1 aromatic heterocycles. The average molecular weight is 274 g/mol. The lowest BCUT2D eigenvalue weighted by molar-refractivity contribution is -0.179. The molecule has 1 aromatic rings. The van der Waals surface area contributed by atoms with E-state index in [4.69, 9.17) is 0 Å². The zero-order chi connectivity index (χ0) is 14.0. The van der Waals surface area contributed by atoms with Crippen molar-refractivity contribution in [1.29, 1.82) is 0 Å². The van der Waals surface area contributed by atoms with E-state index in [-0.39, 0.29) is 12.8 Å². The monoisotopic (exact) mass is 274 g/mol. The molecule has 1 aliphatic rings. The summed E-state index contributed by atoms with van der Waals surface area (Å²) in [6.07, 6.45) is -2.37. The van der Waals surface area contributed by atoms with Crippen LogP contribution in [-0.2, 0) is 0 Å². The molecule has 0 N–H and O–H groups in total. The van der Waals surface area contributed by atoms with Crippen molar-refractivity contribution in [2.75, 3.05) is 37.0 Å². The molecule has 1 fully saturated rings. The van der Waals surface area contributed by atoms with Gasteiger partial charge in [0, 0.05) is 33.3 Å². The zero-order valence-electron chi connectivity index (χ0n) is 11.0. The maximum atomic E-state index is 12.6. The Labute approximate surface area is 110 Å². The second-order valence-corrected chi connectivity index (χ2v) is 4.93. The number of piperidine rings is 1. The minimum atomic E-state index is -4.08. The normalized spacial score (nSPS) is 17.6. The van der Waals surface area contributed by atoms with E-state index in [9.17, 15) is 13.2 Å². The lowest BCUT2D eigenvalue weighted by atomic mass is 9.96. The van der Waals surface area contributed by atoms with Crippen LogP contribution in [0, 0.1) is 5.92 Å². The molecule has 2 heterocycles. The van der Waals surface area contributed by atoms with Crippen LogP contribution in [0.2, 0.25) is 0 Å². The number of hydrogen-bond acceptors (Lipinski definition) is 4. The van der Waals surface area contributed by atoms with Crippen LogP contribution in [0.5, 0.6) is 0 Å². The first-order chi connectivity index (χ1) is 8.88. The van der Waals surface area contributed by atoms with Gasteiger partial charge in [0.1, 0.15) is 18.0 Å². The quantitative estimate of drug-likeness (QED) is 0.828. The first-order valence-corrected chi connectivity index (χ1v) is 6.19. The first-order valence-electron chi connectivity index (χ1n) is 6.19. The highest BCUT2D eigenvalue weighted by atomic mass is 19.4. The van der Waals surface area contributed by atoms with Gasteiger partial charge in [-0.15, -0.1) is 0 Å². The molecule has 0 aliphatic carbocycles. The lowest BCUT2D eigenvalue weighted by Gasteiger charge is -2.33. The molecule has 1 saturated heterocycles. The molecule has 0 spiro atoms. The highest BCUT2D eigenvalue weighted by Crippen LogP contribution is 2.35. The van der Waals surface area contributed by atoms with E-state index < -0.39 is 12.1 Å². The zero-order valence-corrected chi connectivity index (χ0v) is 11.0. The summed E-state index contributed by atoms with van der Waals surface area (Å²) < 4.78 is 37.8. The number of hydrogen-bond donors (Lipinski definition) is 0. The van der Waals surface area contributed by atoms with Gasteiger partial charge in [-0.05, 0) is 12.8 Å². The van der Waals surface area contributed by atoms with E-state index >= 15 is 0 Å². The van der Waals surface area contributed by atoms with Gasteiger partial charge in [-0.3, -0.25) is 0 Å². The van der Waals surface area contributed by atoms with Gasteiger partial charge in [0.05, 0.1) is 5.92 Å². The Balaban J connectivity index is 2.03. The number of nitrogens with zero attached hydrogens (tertiary/aromatic N) is 4. The molecule has 0 atom stereocenters. The molecule has 2 rings (SSSR count). The van der Waals surface area contributed by atoms with Crippen LogP contribution in [0.4, 0.5) is 24.8 Å². The van der Waals surface area contributed by atoms with E-state index in [1.807, 2.05) is 23.9 Å². The first kappa shape index (κ1) is 13.9. The van der Waals surface area contributed by atoms with E-state index in [0.717, 1.165) is 5.82 Å². The highest BCUT2D eigenvalue weighted by Gasteiger charge is 2.41. The molecule has 0 aromatic carbocycles. The van der Waals surface area contributed by atoms with E-state index in [1.165, 1.54) is 6.33 Å². The fraction of sp³-hybridized carbons (Fsp3) is 0.667. The fourth-order valence-corrected chi connectivity index (χ4v) is 2.19. The lowest BCUT2D eigenvalue weighted by Crippen LogP contribution is -2.39. The Morgan fingerprint density at radius 1 is 1.21 bits per heavy atom. The Bertz CT molecular complexity index is 425. The van der Waals surface area contributed by atoms with E-state index in [1.54, 1.807) is 6.07 Å². The summed E-state index contributed by atoms with van der Waals surface area (Å²) in [5.74, 6) is 0.265. The third-order valence-corrected chi connectivity index (χ3v) is 3.38. The molecule has 106 valence electrons. The van der Waals surface area contributed by atoms with Crippen molar-refractivity contribution in [2.24, 2.45) is 5.92 Å². The van der Waals surface area contributed by atoms with Crippen molar-refractivity contribution in [3.63, 3.8) is 0 Å². The predicted molar refractivity (Wildman–Crippen MR) is 67.4 cm³/mol. The Morgan fingerprint density at radius 2 is 1.84 bits per heavy atom. The van der Waals surface area contributed by atoms with E-state index in [0.29, 0.717) is 18.9 Å². The molecular formula is C12H17F3N4. The summed E-state index contributed by atoms with van der Waals surface area (Å²) in [6, 6.07) is 1.80. The Hall–Kier alpha value is -1.53. The van der Waals surface area contributed by atoms with Gasteiger partial charge < -0.3 is 9.80 Å². The van der Waals surface area contributed by atoms with Crippen LogP contribution >= 0.6 is 0 Å².